The van der Waals surface area contributed by atoms with Crippen LogP contribution in [0, 0.1) is 0 Å². The molecule has 1 aromatic heterocycles. The van der Waals surface area contributed by atoms with Crippen molar-refractivity contribution in [1.82, 2.24) is 4.57 Å². The summed E-state index contributed by atoms with van der Waals surface area (Å²) in [5.74, 6) is -0.270. The molecule has 2 aromatic rings. The monoisotopic (exact) mass is 339 g/mol. The number of aromatic nitrogens is 1. The Morgan fingerprint density at radius 3 is 2.25 bits per heavy atom. The summed E-state index contributed by atoms with van der Waals surface area (Å²) in [5.41, 5.74) is -0.188. The van der Waals surface area contributed by atoms with E-state index in [1.165, 1.54) is 24.3 Å². The average molecular weight is 339 g/mol. The average Bonchev–Trinajstić information content (AvgIpc) is 2.51. The summed E-state index contributed by atoms with van der Waals surface area (Å²) in [6.07, 6.45) is -3.24. The number of halogens is 3. The summed E-state index contributed by atoms with van der Waals surface area (Å²) in [5, 5.41) is 8.88. The maximum atomic E-state index is 12.7. The normalized spacial score (nSPS) is 12.8. The summed E-state index contributed by atoms with van der Waals surface area (Å²) in [6.45, 7) is 1.93. The first-order valence-corrected chi connectivity index (χ1v) is 7.37. The smallest absolute Gasteiger partial charge is 0.418 e. The predicted molar refractivity (Wildman–Crippen MR) is 82.3 cm³/mol. The van der Waals surface area contributed by atoms with Crippen molar-refractivity contribution in [2.45, 2.75) is 31.9 Å². The van der Waals surface area contributed by atoms with Gasteiger partial charge in [-0.25, -0.2) is 9.36 Å². The minimum absolute atomic E-state index is 0.270. The van der Waals surface area contributed by atoms with Crippen LogP contribution in [-0.2, 0) is 6.18 Å². The van der Waals surface area contributed by atoms with Crippen LogP contribution >= 0.6 is 0 Å². The van der Waals surface area contributed by atoms with E-state index in [2.05, 4.69) is 0 Å². The zero-order valence-electron chi connectivity index (χ0n) is 12.9. The number of rotatable bonds is 4. The fourth-order valence-electron chi connectivity index (χ4n) is 2.59. The first-order valence-electron chi connectivity index (χ1n) is 7.37. The number of carbonyl (C=O) groups is 1. The third kappa shape index (κ3) is 3.84. The Hall–Kier alpha value is -2.57. The van der Waals surface area contributed by atoms with Crippen LogP contribution in [0.4, 0.5) is 18.0 Å². The highest BCUT2D eigenvalue weighted by atomic mass is 19.4. The molecule has 1 unspecified atom stereocenters. The van der Waals surface area contributed by atoms with E-state index in [4.69, 9.17) is 5.11 Å². The number of hydrogen-bond acceptors (Lipinski definition) is 2. The van der Waals surface area contributed by atoms with Crippen molar-refractivity contribution in [3.8, 4) is 0 Å². The third-order valence-electron chi connectivity index (χ3n) is 3.77. The highest BCUT2D eigenvalue weighted by Gasteiger charge is 2.30. The van der Waals surface area contributed by atoms with Crippen molar-refractivity contribution in [1.29, 1.82) is 0 Å². The van der Waals surface area contributed by atoms with Gasteiger partial charge in [0.25, 0.3) is 5.56 Å². The second kappa shape index (κ2) is 6.90. The van der Waals surface area contributed by atoms with Crippen molar-refractivity contribution < 1.29 is 23.1 Å². The molecule has 0 radical (unpaired) electrons. The molecule has 1 N–H and O–H groups in total. The van der Waals surface area contributed by atoms with Gasteiger partial charge in [-0.1, -0.05) is 25.5 Å². The van der Waals surface area contributed by atoms with Crippen LogP contribution in [0.3, 0.4) is 0 Å². The molecule has 1 heterocycles. The number of nitrogens with zero attached hydrogens (tertiary/aromatic N) is 1. The molecule has 2 rings (SSSR count). The number of benzene rings is 1. The third-order valence-corrected chi connectivity index (χ3v) is 3.77. The van der Waals surface area contributed by atoms with Gasteiger partial charge in [-0.2, -0.15) is 13.2 Å². The molecule has 1 aromatic carbocycles. The van der Waals surface area contributed by atoms with Gasteiger partial charge in [0, 0.05) is 18.2 Å². The number of alkyl halides is 3. The number of hydrogen-bond donors (Lipinski definition) is 1. The van der Waals surface area contributed by atoms with E-state index in [0.29, 0.717) is 22.1 Å². The van der Waals surface area contributed by atoms with Crippen LogP contribution in [-0.4, -0.2) is 15.8 Å². The Morgan fingerprint density at radius 2 is 1.79 bits per heavy atom. The van der Waals surface area contributed by atoms with E-state index in [1.54, 1.807) is 0 Å². The Bertz CT molecular complexity index is 779. The highest BCUT2D eigenvalue weighted by Crippen LogP contribution is 2.33. The lowest BCUT2D eigenvalue weighted by Crippen LogP contribution is -2.25. The molecule has 128 valence electrons. The lowest BCUT2D eigenvalue weighted by atomic mass is 9.88. The fourth-order valence-corrected chi connectivity index (χ4v) is 2.59. The molecular formula is C17H16F3NO3. The van der Waals surface area contributed by atoms with Crippen LogP contribution < -0.4 is 5.56 Å². The van der Waals surface area contributed by atoms with Crippen molar-refractivity contribution >= 4 is 6.09 Å². The molecule has 0 fully saturated rings. The van der Waals surface area contributed by atoms with E-state index in [9.17, 15) is 22.8 Å². The Kier molecular flexibility index (Phi) is 5.11. The fraction of sp³-hybridized carbons (Fsp3) is 0.294. The second-order valence-corrected chi connectivity index (χ2v) is 5.41. The molecule has 0 aliphatic carbocycles. The summed E-state index contributed by atoms with van der Waals surface area (Å²) >= 11 is 0. The maximum absolute atomic E-state index is 12.7. The van der Waals surface area contributed by atoms with Crippen LogP contribution in [0.5, 0.6) is 0 Å². The lowest BCUT2D eigenvalue weighted by molar-refractivity contribution is -0.137. The molecule has 0 aliphatic rings. The van der Waals surface area contributed by atoms with Gasteiger partial charge in [0.1, 0.15) is 0 Å². The SMILES string of the molecule is CCCC(c1ccc(C(F)(F)F)cc1)c1ccn(C(=O)O)c(=O)c1. The molecule has 4 nitrogen and oxygen atoms in total. The van der Waals surface area contributed by atoms with Crippen LogP contribution in [0.15, 0.2) is 47.4 Å². The van der Waals surface area contributed by atoms with Gasteiger partial charge in [0.15, 0.2) is 0 Å². The molecule has 7 heteroatoms. The Morgan fingerprint density at radius 1 is 1.17 bits per heavy atom. The highest BCUT2D eigenvalue weighted by molar-refractivity contribution is 5.67. The van der Waals surface area contributed by atoms with Gasteiger partial charge >= 0.3 is 12.3 Å². The molecule has 0 saturated heterocycles. The quantitative estimate of drug-likeness (QED) is 0.902. The summed E-state index contributed by atoms with van der Waals surface area (Å²) in [6, 6.07) is 7.53. The predicted octanol–water partition coefficient (Wildman–Crippen LogP) is 4.33. The first-order chi connectivity index (χ1) is 11.2. The van der Waals surface area contributed by atoms with Gasteiger partial charge in [-0.15, -0.1) is 0 Å². The topological polar surface area (TPSA) is 59.3 Å². The molecule has 0 spiro atoms. The van der Waals surface area contributed by atoms with E-state index in [-0.39, 0.29) is 5.92 Å². The van der Waals surface area contributed by atoms with Crippen molar-refractivity contribution in [2.75, 3.05) is 0 Å². The van der Waals surface area contributed by atoms with Gasteiger partial charge in [0.2, 0.25) is 0 Å². The minimum Gasteiger partial charge on any atom is -0.464 e. The van der Waals surface area contributed by atoms with Gasteiger partial charge in [0.05, 0.1) is 5.56 Å². The van der Waals surface area contributed by atoms with Crippen LogP contribution in [0.25, 0.3) is 0 Å². The van der Waals surface area contributed by atoms with Crippen molar-refractivity contribution in [2.24, 2.45) is 0 Å². The summed E-state index contributed by atoms with van der Waals surface area (Å²) < 4.78 is 38.5. The second-order valence-electron chi connectivity index (χ2n) is 5.41. The zero-order valence-corrected chi connectivity index (χ0v) is 12.9. The molecule has 0 aliphatic heterocycles. The Balaban J connectivity index is 2.41. The minimum atomic E-state index is -4.40. The van der Waals surface area contributed by atoms with E-state index >= 15 is 0 Å². The number of pyridine rings is 1. The molecule has 0 amide bonds. The molecule has 0 saturated carbocycles. The molecule has 24 heavy (non-hydrogen) atoms. The van der Waals surface area contributed by atoms with Crippen molar-refractivity contribution in [3.63, 3.8) is 0 Å². The maximum Gasteiger partial charge on any atom is 0.418 e. The zero-order chi connectivity index (χ0) is 17.9. The van der Waals surface area contributed by atoms with Gasteiger partial charge in [-0.05, 0) is 35.7 Å². The largest absolute Gasteiger partial charge is 0.464 e. The Labute approximate surface area is 136 Å². The van der Waals surface area contributed by atoms with Gasteiger partial charge in [-0.3, -0.25) is 4.79 Å². The van der Waals surface area contributed by atoms with E-state index in [1.807, 2.05) is 6.92 Å². The van der Waals surface area contributed by atoms with E-state index in [0.717, 1.165) is 24.8 Å². The summed E-state index contributed by atoms with van der Waals surface area (Å²) in [7, 11) is 0. The van der Waals surface area contributed by atoms with Crippen LogP contribution in [0.1, 0.15) is 42.4 Å². The van der Waals surface area contributed by atoms with Gasteiger partial charge < -0.3 is 5.11 Å². The molecule has 0 bridgehead atoms. The standard InChI is InChI=1S/C17H16F3NO3/c1-2-3-14(11-4-6-13(7-5-11)17(18,19)20)12-8-9-21(16(23)24)15(22)10-12/h4-10,14H,2-3H2,1H3,(H,23,24). The lowest BCUT2D eigenvalue weighted by Gasteiger charge is -2.18. The van der Waals surface area contributed by atoms with E-state index < -0.39 is 23.4 Å². The van der Waals surface area contributed by atoms with Crippen LogP contribution in [0.2, 0.25) is 0 Å². The number of carboxylic acid groups (broad SMARTS) is 1. The first kappa shape index (κ1) is 17.8. The molecular weight excluding hydrogens is 323 g/mol. The molecule has 1 atom stereocenters. The summed E-state index contributed by atoms with van der Waals surface area (Å²) in [4.78, 5) is 22.7. The van der Waals surface area contributed by atoms with Crippen molar-refractivity contribution in [3.05, 3.63) is 69.6 Å².